The molecular weight excluding hydrogens is 324 g/mol. The molecule has 2 N–H and O–H groups in total. The number of hydrogen-bond acceptors (Lipinski definition) is 4. The van der Waals surface area contributed by atoms with E-state index in [1.807, 2.05) is 18.2 Å². The Labute approximate surface area is 157 Å². The summed E-state index contributed by atoms with van der Waals surface area (Å²) >= 11 is 0. The third kappa shape index (κ3) is 4.55. The third-order valence-electron chi connectivity index (χ3n) is 4.96. The van der Waals surface area contributed by atoms with Crippen LogP contribution in [0.3, 0.4) is 0 Å². The summed E-state index contributed by atoms with van der Waals surface area (Å²) in [6.07, 6.45) is 4.83. The van der Waals surface area contributed by atoms with E-state index in [2.05, 4.69) is 26.8 Å². The average Bonchev–Trinajstić information content (AvgIpc) is 2.70. The second-order valence-electron chi connectivity index (χ2n) is 6.58. The highest BCUT2D eigenvalue weighted by molar-refractivity contribution is 5.72. The molecule has 1 atom stereocenters. The Morgan fingerprint density at radius 1 is 1.00 bits per heavy atom. The number of rotatable bonds is 9. The first kappa shape index (κ1) is 20.2. The Balaban J connectivity index is 2.49. The molecule has 142 valence electrons. The van der Waals surface area contributed by atoms with Crippen molar-refractivity contribution in [3.05, 3.63) is 41.1 Å². The van der Waals surface area contributed by atoms with E-state index in [1.54, 1.807) is 14.2 Å². The molecule has 0 bridgehead atoms. The summed E-state index contributed by atoms with van der Waals surface area (Å²) in [5.41, 5.74) is 11.9. The Bertz CT molecular complexity index is 728. The molecule has 0 radical (unpaired) electrons. The molecule has 1 unspecified atom stereocenters. The number of hydrogen-bond donors (Lipinski definition) is 1. The van der Waals surface area contributed by atoms with E-state index in [9.17, 15) is 0 Å². The van der Waals surface area contributed by atoms with Crippen LogP contribution in [0.1, 0.15) is 50.4 Å². The number of pyridine rings is 1. The van der Waals surface area contributed by atoms with Crippen molar-refractivity contribution in [2.24, 2.45) is 5.73 Å². The van der Waals surface area contributed by atoms with Gasteiger partial charge in [-0.1, -0.05) is 26.8 Å². The van der Waals surface area contributed by atoms with E-state index < -0.39 is 0 Å². The fourth-order valence-corrected chi connectivity index (χ4v) is 3.21. The second kappa shape index (κ2) is 9.58. The lowest BCUT2D eigenvalue weighted by molar-refractivity contribution is 0.395. The maximum Gasteiger partial charge on any atom is 0.131 e. The molecule has 0 aliphatic heterocycles. The lowest BCUT2D eigenvalue weighted by atomic mass is 9.95. The van der Waals surface area contributed by atoms with Crippen LogP contribution in [-0.4, -0.2) is 25.2 Å². The van der Waals surface area contributed by atoms with Gasteiger partial charge in [0.15, 0.2) is 0 Å². The van der Waals surface area contributed by atoms with Gasteiger partial charge in [0.1, 0.15) is 11.5 Å². The van der Waals surface area contributed by atoms with Crippen LogP contribution in [0.15, 0.2) is 24.3 Å². The fraction of sp³-hybridized carbons (Fsp3) is 0.500. The maximum absolute atomic E-state index is 6.12. The van der Waals surface area contributed by atoms with Gasteiger partial charge in [0.05, 0.1) is 19.9 Å². The number of aromatic nitrogens is 1. The number of benzene rings is 1. The van der Waals surface area contributed by atoms with Crippen molar-refractivity contribution in [1.82, 2.24) is 4.98 Å². The highest BCUT2D eigenvalue weighted by atomic mass is 16.5. The SMILES string of the molecule is CCc1cc(CCC(N)CC)c(CC)nc1-c1ccc(OC)cc1OC. The van der Waals surface area contributed by atoms with Crippen molar-refractivity contribution >= 4 is 0 Å². The smallest absolute Gasteiger partial charge is 0.131 e. The number of aryl methyl sites for hydroxylation is 3. The molecule has 0 amide bonds. The highest BCUT2D eigenvalue weighted by Crippen LogP contribution is 2.35. The minimum Gasteiger partial charge on any atom is -0.497 e. The van der Waals surface area contributed by atoms with Gasteiger partial charge in [-0.15, -0.1) is 0 Å². The van der Waals surface area contributed by atoms with Crippen LogP contribution < -0.4 is 15.2 Å². The molecule has 2 aromatic rings. The van der Waals surface area contributed by atoms with Gasteiger partial charge in [-0.2, -0.15) is 0 Å². The molecule has 0 saturated heterocycles. The third-order valence-corrected chi connectivity index (χ3v) is 4.96. The Kier molecular flexibility index (Phi) is 7.46. The van der Waals surface area contributed by atoms with Gasteiger partial charge in [0.2, 0.25) is 0 Å². The molecular formula is C22H32N2O2. The zero-order valence-electron chi connectivity index (χ0n) is 16.8. The van der Waals surface area contributed by atoms with E-state index in [-0.39, 0.29) is 6.04 Å². The van der Waals surface area contributed by atoms with Crippen LogP contribution >= 0.6 is 0 Å². The molecule has 1 aromatic carbocycles. The van der Waals surface area contributed by atoms with Crippen LogP contribution in [-0.2, 0) is 19.3 Å². The first-order valence-electron chi connectivity index (χ1n) is 9.57. The molecule has 0 aliphatic rings. The van der Waals surface area contributed by atoms with Crippen LogP contribution in [0.4, 0.5) is 0 Å². The van der Waals surface area contributed by atoms with Crippen molar-refractivity contribution in [2.75, 3.05) is 14.2 Å². The minimum atomic E-state index is 0.256. The zero-order chi connectivity index (χ0) is 19.1. The first-order valence-corrected chi connectivity index (χ1v) is 9.57. The zero-order valence-corrected chi connectivity index (χ0v) is 16.8. The molecule has 0 fully saturated rings. The molecule has 4 nitrogen and oxygen atoms in total. The summed E-state index contributed by atoms with van der Waals surface area (Å²) in [6.45, 7) is 6.47. The van der Waals surface area contributed by atoms with Gasteiger partial charge >= 0.3 is 0 Å². The van der Waals surface area contributed by atoms with Gasteiger partial charge in [0, 0.05) is 23.4 Å². The highest BCUT2D eigenvalue weighted by Gasteiger charge is 2.16. The van der Waals surface area contributed by atoms with Crippen molar-refractivity contribution < 1.29 is 9.47 Å². The first-order chi connectivity index (χ1) is 12.6. The number of methoxy groups -OCH3 is 2. The predicted octanol–water partition coefficient (Wildman–Crippen LogP) is 4.56. The quantitative estimate of drug-likeness (QED) is 0.715. The van der Waals surface area contributed by atoms with Crippen LogP contribution in [0, 0.1) is 0 Å². The molecule has 0 spiro atoms. The van der Waals surface area contributed by atoms with Gasteiger partial charge in [-0.05, 0) is 55.4 Å². The van der Waals surface area contributed by atoms with Crippen LogP contribution in [0.2, 0.25) is 0 Å². The largest absolute Gasteiger partial charge is 0.497 e. The Morgan fingerprint density at radius 3 is 2.35 bits per heavy atom. The van der Waals surface area contributed by atoms with E-state index in [0.29, 0.717) is 0 Å². The summed E-state index contributed by atoms with van der Waals surface area (Å²) in [6, 6.07) is 8.47. The Hall–Kier alpha value is -2.07. The molecule has 2 rings (SSSR count). The minimum absolute atomic E-state index is 0.256. The molecule has 1 aromatic heterocycles. The van der Waals surface area contributed by atoms with Gasteiger partial charge in [0.25, 0.3) is 0 Å². The topological polar surface area (TPSA) is 57.4 Å². The lowest BCUT2D eigenvalue weighted by Crippen LogP contribution is -2.19. The van der Waals surface area contributed by atoms with E-state index in [4.69, 9.17) is 20.2 Å². The molecule has 4 heteroatoms. The van der Waals surface area contributed by atoms with Crippen molar-refractivity contribution in [3.8, 4) is 22.8 Å². The maximum atomic E-state index is 6.12. The van der Waals surface area contributed by atoms with Gasteiger partial charge < -0.3 is 15.2 Å². The molecule has 26 heavy (non-hydrogen) atoms. The van der Waals surface area contributed by atoms with E-state index in [1.165, 1.54) is 11.1 Å². The monoisotopic (exact) mass is 356 g/mol. The number of ether oxygens (including phenoxy) is 2. The summed E-state index contributed by atoms with van der Waals surface area (Å²) in [5.74, 6) is 1.57. The number of nitrogens with zero attached hydrogens (tertiary/aromatic N) is 1. The summed E-state index contributed by atoms with van der Waals surface area (Å²) < 4.78 is 10.9. The van der Waals surface area contributed by atoms with Crippen molar-refractivity contribution in [3.63, 3.8) is 0 Å². The van der Waals surface area contributed by atoms with Crippen LogP contribution in [0.5, 0.6) is 11.5 Å². The number of nitrogens with two attached hydrogens (primary N) is 1. The van der Waals surface area contributed by atoms with E-state index >= 15 is 0 Å². The normalized spacial score (nSPS) is 12.1. The second-order valence-corrected chi connectivity index (χ2v) is 6.58. The summed E-state index contributed by atoms with van der Waals surface area (Å²) in [7, 11) is 3.35. The van der Waals surface area contributed by atoms with Gasteiger partial charge in [-0.3, -0.25) is 4.98 Å². The Morgan fingerprint density at radius 2 is 1.77 bits per heavy atom. The molecule has 0 aliphatic carbocycles. The van der Waals surface area contributed by atoms with E-state index in [0.717, 1.165) is 60.6 Å². The van der Waals surface area contributed by atoms with Gasteiger partial charge in [-0.25, -0.2) is 0 Å². The predicted molar refractivity (Wildman–Crippen MR) is 108 cm³/mol. The summed E-state index contributed by atoms with van der Waals surface area (Å²) in [5, 5.41) is 0. The standard InChI is InChI=1S/C22H32N2O2/c1-6-15-13-16(9-10-17(23)7-2)20(8-3)24-22(15)19-12-11-18(25-4)14-21(19)26-5/h11-14,17H,6-10,23H2,1-5H3. The summed E-state index contributed by atoms with van der Waals surface area (Å²) in [4.78, 5) is 5.04. The average molecular weight is 357 g/mol. The van der Waals surface area contributed by atoms with Crippen molar-refractivity contribution in [1.29, 1.82) is 0 Å². The van der Waals surface area contributed by atoms with Crippen molar-refractivity contribution in [2.45, 2.75) is 58.9 Å². The van der Waals surface area contributed by atoms with Crippen LogP contribution in [0.25, 0.3) is 11.3 Å². The molecule has 1 heterocycles. The fourth-order valence-electron chi connectivity index (χ4n) is 3.21. The lowest BCUT2D eigenvalue weighted by Gasteiger charge is -2.17. The molecule has 0 saturated carbocycles.